The quantitative estimate of drug-likeness (QED) is 0.523. The summed E-state index contributed by atoms with van der Waals surface area (Å²) in [6.07, 6.45) is -2.60. The number of carbonyl (C=O) groups excluding carboxylic acids is 2. The van der Waals surface area contributed by atoms with Crippen molar-refractivity contribution in [3.63, 3.8) is 0 Å². The van der Waals surface area contributed by atoms with Crippen LogP contribution < -0.4 is 15.2 Å². The molecule has 38 heavy (non-hydrogen) atoms. The average Bonchev–Trinajstić information content (AvgIpc) is 3.54. The summed E-state index contributed by atoms with van der Waals surface area (Å²) in [6.45, 7) is 4.34. The molecule has 2 aliphatic rings. The summed E-state index contributed by atoms with van der Waals surface area (Å²) in [7, 11) is 1.42. The lowest BCUT2D eigenvalue weighted by atomic mass is 10.1. The third-order valence-electron chi connectivity index (χ3n) is 6.49. The third-order valence-corrected chi connectivity index (χ3v) is 6.78. The van der Waals surface area contributed by atoms with Crippen molar-refractivity contribution in [1.82, 2.24) is 15.2 Å². The van der Waals surface area contributed by atoms with Gasteiger partial charge in [0, 0.05) is 37.9 Å². The van der Waals surface area contributed by atoms with Crippen LogP contribution in [-0.2, 0) is 15.8 Å². The Bertz CT molecular complexity index is 1250. The van der Waals surface area contributed by atoms with Crippen LogP contribution in [0.2, 0.25) is 5.02 Å². The number of benzene rings is 1. The van der Waals surface area contributed by atoms with Crippen molar-refractivity contribution in [3.8, 4) is 0 Å². The molecule has 1 N–H and O–H groups in total. The Hall–Kier alpha value is -3.25. The number of nitrogens with one attached hydrogen (secondary N) is 1. The topological polar surface area (TPSA) is 81.1 Å². The minimum atomic E-state index is -4.65. The Morgan fingerprint density at radius 2 is 1.89 bits per heavy atom. The van der Waals surface area contributed by atoms with Crippen LogP contribution in [0.3, 0.4) is 0 Å². The molecule has 4 rings (SSSR count). The molecule has 2 aromatic rings. The molecule has 204 valence electrons. The highest BCUT2D eigenvalue weighted by Gasteiger charge is 2.40. The van der Waals surface area contributed by atoms with Gasteiger partial charge in [-0.25, -0.2) is 14.4 Å². The molecule has 8 nitrogen and oxygen atoms in total. The zero-order valence-corrected chi connectivity index (χ0v) is 21.6. The van der Waals surface area contributed by atoms with Gasteiger partial charge < -0.3 is 15.1 Å². The lowest BCUT2D eigenvalue weighted by molar-refractivity contribution is -0.137. The van der Waals surface area contributed by atoms with E-state index in [1.807, 2.05) is 0 Å². The third kappa shape index (κ3) is 6.24. The van der Waals surface area contributed by atoms with E-state index in [-0.39, 0.29) is 34.4 Å². The summed E-state index contributed by atoms with van der Waals surface area (Å²) in [6, 6.07) is 4.21. The van der Waals surface area contributed by atoms with E-state index < -0.39 is 35.4 Å². The normalized spacial score (nSPS) is 18.0. The van der Waals surface area contributed by atoms with Crippen LogP contribution in [0.15, 0.2) is 35.4 Å². The Labute approximate surface area is 222 Å². The summed E-state index contributed by atoms with van der Waals surface area (Å²) in [5, 5.41) is 7.87. The fraction of sp³-hybridized carbons (Fsp3) is 0.440. The molecular weight excluding hydrogens is 528 g/mol. The van der Waals surface area contributed by atoms with Gasteiger partial charge in [0.2, 0.25) is 0 Å². The number of carbonyl (C=O) groups is 2. The molecule has 2 amide bonds. The fourth-order valence-corrected chi connectivity index (χ4v) is 4.64. The van der Waals surface area contributed by atoms with Crippen molar-refractivity contribution in [2.24, 2.45) is 5.10 Å². The number of rotatable bonds is 7. The van der Waals surface area contributed by atoms with Crippen molar-refractivity contribution in [1.29, 1.82) is 0 Å². The van der Waals surface area contributed by atoms with Gasteiger partial charge in [0.15, 0.2) is 0 Å². The van der Waals surface area contributed by atoms with Crippen LogP contribution in [-0.4, -0.2) is 66.7 Å². The largest absolute Gasteiger partial charge is 0.416 e. The first-order chi connectivity index (χ1) is 17.9. The second-order valence-corrected chi connectivity index (χ2v) is 9.67. The van der Waals surface area contributed by atoms with Gasteiger partial charge in [-0.15, -0.1) is 0 Å². The number of alkyl halides is 3. The SMILES string of the molecule is Cc1cc(C(F)(F)F)cc(N2N=C(C(=O)NCCN3CCCC3)CC2C(=O)N(C)c2ccc(F)c(Cl)c2)n1. The zero-order chi connectivity index (χ0) is 27.6. The van der Waals surface area contributed by atoms with Gasteiger partial charge in [-0.1, -0.05) is 11.6 Å². The molecule has 1 aromatic heterocycles. The molecule has 2 aliphatic heterocycles. The molecule has 1 atom stereocenters. The second kappa shape index (κ2) is 11.2. The maximum Gasteiger partial charge on any atom is 0.416 e. The van der Waals surface area contributed by atoms with E-state index in [2.05, 4.69) is 20.3 Å². The number of hydrazone groups is 1. The predicted octanol–water partition coefficient (Wildman–Crippen LogP) is 4.01. The van der Waals surface area contributed by atoms with Crippen LogP contribution in [0.5, 0.6) is 0 Å². The highest BCUT2D eigenvalue weighted by molar-refractivity contribution is 6.40. The lowest BCUT2D eigenvalue weighted by Crippen LogP contribution is -2.44. The number of likely N-dealkylation sites (N-methyl/N-ethyl adjacent to an activating group) is 1. The van der Waals surface area contributed by atoms with Crippen LogP contribution in [0.4, 0.5) is 29.1 Å². The molecule has 3 heterocycles. The molecule has 0 spiro atoms. The number of aryl methyl sites for hydroxylation is 1. The molecule has 1 unspecified atom stereocenters. The van der Waals surface area contributed by atoms with E-state index >= 15 is 0 Å². The van der Waals surface area contributed by atoms with Crippen LogP contribution in [0.1, 0.15) is 30.5 Å². The smallest absolute Gasteiger partial charge is 0.350 e. The zero-order valence-electron chi connectivity index (χ0n) is 20.9. The molecule has 1 fully saturated rings. The van der Waals surface area contributed by atoms with Crippen molar-refractivity contribution in [2.75, 3.05) is 43.1 Å². The minimum Gasteiger partial charge on any atom is -0.350 e. The summed E-state index contributed by atoms with van der Waals surface area (Å²) in [4.78, 5) is 34.0. The van der Waals surface area contributed by atoms with Crippen LogP contribution in [0, 0.1) is 12.7 Å². The number of amides is 2. The molecule has 1 saturated heterocycles. The first-order valence-electron chi connectivity index (χ1n) is 12.1. The van der Waals surface area contributed by atoms with Crippen molar-refractivity contribution in [2.45, 2.75) is 38.4 Å². The standard InChI is InChI=1S/C25H27ClF4N6O2/c1-15-11-16(25(28,29)30)12-22(32-15)36-21(24(38)34(2)17-5-6-19(27)18(26)13-17)14-20(33-36)23(37)31-7-10-35-8-3-4-9-35/h5-6,11-13,21H,3-4,7-10,14H2,1-2H3,(H,31,37). The van der Waals surface area contributed by atoms with Gasteiger partial charge in [-0.3, -0.25) is 9.59 Å². The van der Waals surface area contributed by atoms with E-state index in [9.17, 15) is 27.2 Å². The number of nitrogens with zero attached hydrogens (tertiary/aromatic N) is 5. The highest BCUT2D eigenvalue weighted by atomic mass is 35.5. The average molecular weight is 555 g/mol. The molecule has 0 aliphatic carbocycles. The monoisotopic (exact) mass is 554 g/mol. The van der Waals surface area contributed by atoms with Crippen molar-refractivity contribution < 1.29 is 27.2 Å². The number of anilines is 2. The summed E-state index contributed by atoms with van der Waals surface area (Å²) in [5.41, 5.74) is -0.632. The second-order valence-electron chi connectivity index (χ2n) is 9.26. The number of aromatic nitrogens is 1. The molecular formula is C25H27ClF4N6O2. The van der Waals surface area contributed by atoms with E-state index in [4.69, 9.17) is 11.6 Å². The number of hydrogen-bond acceptors (Lipinski definition) is 6. The maximum absolute atomic E-state index is 13.7. The number of pyridine rings is 1. The van der Waals surface area contributed by atoms with E-state index in [0.29, 0.717) is 13.1 Å². The van der Waals surface area contributed by atoms with Crippen molar-refractivity contribution >= 4 is 40.6 Å². The van der Waals surface area contributed by atoms with E-state index in [1.165, 1.54) is 31.0 Å². The maximum atomic E-state index is 13.7. The molecule has 1 aromatic carbocycles. The van der Waals surface area contributed by atoms with Gasteiger partial charge in [-0.05, 0) is 63.2 Å². The lowest BCUT2D eigenvalue weighted by Gasteiger charge is -2.27. The summed E-state index contributed by atoms with van der Waals surface area (Å²) < 4.78 is 54.2. The molecule has 0 bridgehead atoms. The van der Waals surface area contributed by atoms with Gasteiger partial charge in [-0.2, -0.15) is 18.3 Å². The van der Waals surface area contributed by atoms with Crippen molar-refractivity contribution in [3.05, 3.63) is 52.4 Å². The Balaban J connectivity index is 1.61. The molecule has 13 heteroatoms. The minimum absolute atomic E-state index is 0.00725. The van der Waals surface area contributed by atoms with E-state index in [1.54, 1.807) is 0 Å². The molecule has 0 radical (unpaired) electrons. The van der Waals surface area contributed by atoms with Gasteiger partial charge in [0.25, 0.3) is 11.8 Å². The van der Waals surface area contributed by atoms with Gasteiger partial charge in [0.1, 0.15) is 23.4 Å². The number of hydrogen-bond donors (Lipinski definition) is 1. The van der Waals surface area contributed by atoms with Gasteiger partial charge in [0.05, 0.1) is 10.6 Å². The number of halogens is 5. The Morgan fingerprint density at radius 3 is 2.55 bits per heavy atom. The highest BCUT2D eigenvalue weighted by Crippen LogP contribution is 2.34. The first-order valence-corrected chi connectivity index (χ1v) is 12.5. The predicted molar refractivity (Wildman–Crippen MR) is 136 cm³/mol. The Morgan fingerprint density at radius 1 is 1.18 bits per heavy atom. The summed E-state index contributed by atoms with van der Waals surface area (Å²) in [5.74, 6) is -1.99. The molecule has 0 saturated carbocycles. The fourth-order valence-electron chi connectivity index (χ4n) is 4.46. The van der Waals surface area contributed by atoms with Gasteiger partial charge >= 0.3 is 6.18 Å². The Kier molecular flexibility index (Phi) is 8.22. The van der Waals surface area contributed by atoms with Crippen LogP contribution >= 0.6 is 11.6 Å². The number of likely N-dealkylation sites (tertiary alicyclic amines) is 1. The van der Waals surface area contributed by atoms with Crippen LogP contribution in [0.25, 0.3) is 0 Å². The first kappa shape index (κ1) is 27.8. The van der Waals surface area contributed by atoms with E-state index in [0.717, 1.165) is 49.1 Å². The summed E-state index contributed by atoms with van der Waals surface area (Å²) >= 11 is 5.87.